The van der Waals surface area contributed by atoms with Gasteiger partial charge in [0.2, 0.25) is 5.56 Å². The first-order valence-electron chi connectivity index (χ1n) is 12.0. The predicted molar refractivity (Wildman–Crippen MR) is 143 cm³/mol. The first-order chi connectivity index (χ1) is 17.1. The van der Waals surface area contributed by atoms with Gasteiger partial charge < -0.3 is 30.7 Å². The lowest BCUT2D eigenvalue weighted by atomic mass is 9.96. The van der Waals surface area contributed by atoms with Crippen molar-refractivity contribution in [3.05, 3.63) is 74.6 Å². The number of aromatic amines is 1. The van der Waals surface area contributed by atoms with Crippen LogP contribution in [0.1, 0.15) is 54.2 Å². The smallest absolute Gasteiger partial charge is 0.314 e. The molecule has 1 aliphatic rings. The fourth-order valence-corrected chi connectivity index (χ4v) is 4.74. The average Bonchev–Trinajstić information content (AvgIpc) is 3.26. The number of phenols is 1. The van der Waals surface area contributed by atoms with E-state index in [1.807, 2.05) is 0 Å². The molecule has 37 heavy (non-hydrogen) atoms. The van der Waals surface area contributed by atoms with Gasteiger partial charge in [-0.25, -0.2) is 0 Å². The van der Waals surface area contributed by atoms with Gasteiger partial charge in [-0.15, -0.1) is 12.4 Å². The third kappa shape index (κ3) is 7.31. The highest BCUT2D eigenvalue weighted by molar-refractivity contribution is 5.89. The highest BCUT2D eigenvalue weighted by Gasteiger charge is 2.26. The topological polar surface area (TPSA) is 160 Å². The van der Waals surface area contributed by atoms with Crippen LogP contribution in [0.25, 0.3) is 10.9 Å². The number of aromatic nitrogens is 1. The van der Waals surface area contributed by atoms with E-state index < -0.39 is 24.5 Å². The molecule has 0 saturated carbocycles. The quantitative estimate of drug-likeness (QED) is 0.241. The molecule has 1 aliphatic carbocycles. The molecule has 0 amide bonds. The van der Waals surface area contributed by atoms with E-state index in [2.05, 4.69) is 36.3 Å². The number of H-pyrrole nitrogens is 1. The molecule has 1 atom stereocenters. The molecule has 0 spiro atoms. The van der Waals surface area contributed by atoms with Crippen molar-refractivity contribution in [2.75, 3.05) is 6.54 Å². The van der Waals surface area contributed by atoms with Gasteiger partial charge in [0.1, 0.15) is 12.2 Å². The number of pyridine rings is 1. The summed E-state index contributed by atoms with van der Waals surface area (Å²) < 4.78 is 0. The Kier molecular flexibility index (Phi) is 10.7. The Hall–Kier alpha value is -3.40. The number of fused-ring (bicyclic) bond motifs is 2. The van der Waals surface area contributed by atoms with E-state index in [1.54, 1.807) is 12.1 Å². The summed E-state index contributed by atoms with van der Waals surface area (Å²) in [5, 5.41) is 40.5. The standard InChI is InChI=1S/C24H28N2O3.C3H4O4.ClH/c1-3-14-5-6-15(4-2)20-12-16(11-19(14)20)25-13-22(28)17-7-9-21(27)24-18(17)8-10-23(29)26-24;4-2(5)1-3(6)7;/h5-10,16,22,25,27-28H,3-4,11-13H2,1-2H3,(H,26,29);1H2,(H,4,5)(H,6,7);1H/t22-;;/m1../s1. The minimum absolute atomic E-state index is 0. The van der Waals surface area contributed by atoms with E-state index in [4.69, 9.17) is 10.2 Å². The molecule has 3 aromatic rings. The third-order valence-electron chi connectivity index (χ3n) is 6.46. The maximum Gasteiger partial charge on any atom is 0.314 e. The number of aliphatic carboxylic acids is 2. The fraction of sp³-hybridized carbons (Fsp3) is 0.370. The van der Waals surface area contributed by atoms with E-state index in [1.165, 1.54) is 34.4 Å². The van der Waals surface area contributed by atoms with Crippen LogP contribution in [0.5, 0.6) is 5.75 Å². The molecule has 0 bridgehead atoms. The number of benzene rings is 2. The Labute approximate surface area is 220 Å². The van der Waals surface area contributed by atoms with E-state index in [0.29, 0.717) is 29.1 Å². The van der Waals surface area contributed by atoms with Gasteiger partial charge in [0.05, 0.1) is 11.6 Å². The molecule has 200 valence electrons. The molecule has 0 fully saturated rings. The molecule has 1 heterocycles. The van der Waals surface area contributed by atoms with Gasteiger partial charge in [-0.2, -0.15) is 0 Å². The lowest BCUT2D eigenvalue weighted by Crippen LogP contribution is -2.33. The van der Waals surface area contributed by atoms with E-state index >= 15 is 0 Å². The molecule has 9 nitrogen and oxygen atoms in total. The third-order valence-corrected chi connectivity index (χ3v) is 6.46. The van der Waals surface area contributed by atoms with Gasteiger partial charge >= 0.3 is 11.9 Å². The minimum atomic E-state index is -1.31. The summed E-state index contributed by atoms with van der Waals surface area (Å²) in [5.74, 6) is -2.62. The van der Waals surface area contributed by atoms with E-state index in [0.717, 1.165) is 25.7 Å². The molecule has 1 aromatic heterocycles. The van der Waals surface area contributed by atoms with E-state index in [9.17, 15) is 24.6 Å². The Morgan fingerprint density at radius 2 is 1.54 bits per heavy atom. The molecule has 0 saturated heterocycles. The summed E-state index contributed by atoms with van der Waals surface area (Å²) >= 11 is 0. The number of aliphatic hydroxyl groups excluding tert-OH is 1. The normalized spacial score (nSPS) is 13.3. The van der Waals surface area contributed by atoms with Gasteiger partial charge in [0.25, 0.3) is 0 Å². The largest absolute Gasteiger partial charge is 0.506 e. The van der Waals surface area contributed by atoms with Gasteiger partial charge in [-0.1, -0.05) is 32.0 Å². The molecule has 0 unspecified atom stereocenters. The second kappa shape index (κ2) is 13.2. The van der Waals surface area contributed by atoms with Crippen LogP contribution in [-0.2, 0) is 35.3 Å². The van der Waals surface area contributed by atoms with Crippen LogP contribution in [0.15, 0.2) is 41.2 Å². The summed E-state index contributed by atoms with van der Waals surface area (Å²) in [5.41, 5.74) is 6.59. The minimum Gasteiger partial charge on any atom is -0.506 e. The second-order valence-corrected chi connectivity index (χ2v) is 8.83. The molecule has 2 aromatic carbocycles. The van der Waals surface area contributed by atoms with Crippen molar-refractivity contribution in [3.8, 4) is 5.75 Å². The number of phenolic OH excluding ortho intramolecular Hbond substituents is 1. The molecule has 10 heteroatoms. The molecule has 0 aliphatic heterocycles. The maximum absolute atomic E-state index is 11.6. The first kappa shape index (κ1) is 29.8. The number of aromatic hydroxyl groups is 1. The SMILES string of the molecule is CCc1ccc(CC)c2c1CC(NC[C@@H](O)c1ccc(O)c3[nH]c(=O)ccc13)C2.Cl.O=C(O)CC(=O)O. The molecule has 4 rings (SSSR count). The van der Waals surface area contributed by atoms with Crippen LogP contribution >= 0.6 is 12.4 Å². The van der Waals surface area contributed by atoms with Crippen molar-refractivity contribution in [2.45, 2.75) is 58.1 Å². The van der Waals surface area contributed by atoms with Crippen LogP contribution in [0, 0.1) is 0 Å². The molecular weight excluding hydrogens is 500 g/mol. The fourth-order valence-electron chi connectivity index (χ4n) is 4.74. The van der Waals surface area contributed by atoms with Gasteiger partial charge in [0, 0.05) is 24.0 Å². The van der Waals surface area contributed by atoms with Crippen molar-refractivity contribution in [1.29, 1.82) is 0 Å². The Balaban J connectivity index is 0.000000532. The molecular formula is C27H33ClN2O7. The maximum atomic E-state index is 11.6. The van der Waals surface area contributed by atoms with Crippen LogP contribution in [0.3, 0.4) is 0 Å². The van der Waals surface area contributed by atoms with Gasteiger partial charge in [-0.3, -0.25) is 14.4 Å². The van der Waals surface area contributed by atoms with Crippen LogP contribution in [-0.4, -0.2) is 49.9 Å². The Bertz CT molecular complexity index is 1280. The van der Waals surface area contributed by atoms with Gasteiger partial charge in [0.15, 0.2) is 0 Å². The molecule has 6 N–H and O–H groups in total. The number of carbonyl (C=O) groups is 2. The van der Waals surface area contributed by atoms with Crippen molar-refractivity contribution in [2.24, 2.45) is 0 Å². The number of hydrogen-bond acceptors (Lipinski definition) is 6. The summed E-state index contributed by atoms with van der Waals surface area (Å²) in [7, 11) is 0. The zero-order valence-corrected chi connectivity index (χ0v) is 21.6. The highest BCUT2D eigenvalue weighted by atomic mass is 35.5. The van der Waals surface area contributed by atoms with Crippen molar-refractivity contribution < 1.29 is 30.0 Å². The first-order valence-corrected chi connectivity index (χ1v) is 12.0. The number of carboxylic acid groups (broad SMARTS) is 2. The lowest BCUT2D eigenvalue weighted by Gasteiger charge is -2.18. The number of halogens is 1. The average molecular weight is 533 g/mol. The lowest BCUT2D eigenvalue weighted by molar-refractivity contribution is -0.147. The summed E-state index contributed by atoms with van der Waals surface area (Å²) in [6, 6.07) is 11.1. The van der Waals surface area contributed by atoms with Crippen LogP contribution < -0.4 is 10.9 Å². The number of carboxylic acids is 2. The monoisotopic (exact) mass is 532 g/mol. The number of aryl methyl sites for hydroxylation is 2. The summed E-state index contributed by atoms with van der Waals surface area (Å²) in [4.78, 5) is 33.1. The zero-order valence-electron chi connectivity index (χ0n) is 20.8. The number of hydrogen-bond donors (Lipinski definition) is 6. The van der Waals surface area contributed by atoms with Crippen LogP contribution in [0.4, 0.5) is 0 Å². The predicted octanol–water partition coefficient (Wildman–Crippen LogP) is 3.12. The zero-order chi connectivity index (χ0) is 26.4. The Morgan fingerprint density at radius 3 is 2.03 bits per heavy atom. The van der Waals surface area contributed by atoms with Crippen molar-refractivity contribution >= 4 is 35.2 Å². The van der Waals surface area contributed by atoms with E-state index in [-0.39, 0.29) is 23.7 Å². The highest BCUT2D eigenvalue weighted by Crippen LogP contribution is 2.31. The summed E-state index contributed by atoms with van der Waals surface area (Å²) in [6.45, 7) is 4.82. The van der Waals surface area contributed by atoms with Gasteiger partial charge in [-0.05, 0) is 65.6 Å². The number of aliphatic hydroxyl groups is 1. The molecule has 0 radical (unpaired) electrons. The van der Waals surface area contributed by atoms with Crippen LogP contribution in [0.2, 0.25) is 0 Å². The Morgan fingerprint density at radius 1 is 0.973 bits per heavy atom. The second-order valence-electron chi connectivity index (χ2n) is 8.83. The van der Waals surface area contributed by atoms with Crippen molar-refractivity contribution in [1.82, 2.24) is 10.3 Å². The summed E-state index contributed by atoms with van der Waals surface area (Å²) in [6.07, 6.45) is 2.52. The van der Waals surface area contributed by atoms with Crippen molar-refractivity contribution in [3.63, 3.8) is 0 Å². The number of nitrogens with one attached hydrogen (secondary N) is 2. The number of rotatable bonds is 8.